The lowest BCUT2D eigenvalue weighted by atomic mass is 9.92. The summed E-state index contributed by atoms with van der Waals surface area (Å²) >= 11 is 0.160. The first-order chi connectivity index (χ1) is 15.6. The number of nitrogens with zero attached hydrogens (tertiary/aromatic N) is 1. The number of carbonyl (C=O) groups is 1. The highest BCUT2D eigenvalue weighted by Crippen LogP contribution is 2.49. The summed E-state index contributed by atoms with van der Waals surface area (Å²) in [4.78, 5) is 18.6. The van der Waals surface area contributed by atoms with E-state index in [9.17, 15) is 9.35 Å². The summed E-state index contributed by atoms with van der Waals surface area (Å²) in [5.41, 5.74) is 4.04. The zero-order valence-electron chi connectivity index (χ0n) is 19.8. The lowest BCUT2D eigenvalue weighted by molar-refractivity contribution is -0.118. The van der Waals surface area contributed by atoms with Crippen LogP contribution in [0.1, 0.15) is 66.8 Å². The number of thiazole rings is 1. The molecule has 1 unspecified atom stereocenters. The minimum atomic E-state index is -1.26. The Hall–Kier alpha value is -2.19. The predicted molar refractivity (Wildman–Crippen MR) is 137 cm³/mol. The van der Waals surface area contributed by atoms with E-state index in [0.29, 0.717) is 5.13 Å². The van der Waals surface area contributed by atoms with E-state index in [2.05, 4.69) is 47.1 Å². The van der Waals surface area contributed by atoms with Crippen LogP contribution in [0.25, 0.3) is 0 Å². The first-order valence-corrected chi connectivity index (χ1v) is 13.1. The fraction of sp³-hybridized carbons (Fsp3) is 0.385. The van der Waals surface area contributed by atoms with Crippen LogP contribution in [0.2, 0.25) is 0 Å². The molecular weight excluding hydrogens is 450 g/mol. The second kappa shape index (κ2) is 9.22. The molecule has 1 aliphatic rings. The molecule has 0 bridgehead atoms. The van der Waals surface area contributed by atoms with Crippen molar-refractivity contribution in [3.05, 3.63) is 81.9 Å². The summed E-state index contributed by atoms with van der Waals surface area (Å²) < 4.78 is 15.7. The Bertz CT molecular complexity index is 1130. The van der Waals surface area contributed by atoms with Gasteiger partial charge in [0.25, 0.3) is 0 Å². The number of nitrogens with one attached hydrogen (secondary N) is 2. The van der Waals surface area contributed by atoms with Crippen molar-refractivity contribution in [3.63, 3.8) is 0 Å². The van der Waals surface area contributed by atoms with Gasteiger partial charge in [0.05, 0.1) is 10.3 Å². The molecule has 1 aromatic heterocycles. The van der Waals surface area contributed by atoms with Crippen LogP contribution in [0.15, 0.2) is 54.7 Å². The molecule has 1 heterocycles. The SMILES string of the molecule is Cc1ccc(C2(C(=O)Nc3ncc([C@H](N[S+]([O-])C(C)(C)C)c4ccccc4)s3)CC2)cc1C. The van der Waals surface area contributed by atoms with Crippen LogP contribution in [0.5, 0.6) is 0 Å². The molecule has 1 fully saturated rings. The summed E-state index contributed by atoms with van der Waals surface area (Å²) in [5.74, 6) is -0.00542. The molecule has 0 aliphatic heterocycles. The molecule has 1 amide bonds. The molecule has 1 aliphatic carbocycles. The number of benzene rings is 2. The molecule has 2 aromatic carbocycles. The van der Waals surface area contributed by atoms with Gasteiger partial charge in [0.2, 0.25) is 5.91 Å². The van der Waals surface area contributed by atoms with Gasteiger partial charge < -0.3 is 9.87 Å². The topological polar surface area (TPSA) is 77.1 Å². The standard InChI is InChI=1S/C26H31N3O2S2/c1-17-11-12-20(15-18(17)2)26(13-14-26)23(30)28-24-27-16-21(32-24)22(19-9-7-6-8-10-19)29-33(31)25(3,4)5/h6-12,15-16,22,29H,13-14H2,1-5H3,(H,27,28,30)/t22-,33?/m1/s1. The van der Waals surface area contributed by atoms with Crippen LogP contribution < -0.4 is 10.0 Å². The second-order valence-electron chi connectivity index (χ2n) is 9.75. The van der Waals surface area contributed by atoms with Gasteiger partial charge in [-0.3, -0.25) is 4.79 Å². The largest absolute Gasteiger partial charge is 0.598 e. The molecular formula is C26H31N3O2S2. The fourth-order valence-corrected chi connectivity index (χ4v) is 5.52. The van der Waals surface area contributed by atoms with Crippen molar-refractivity contribution in [3.8, 4) is 0 Å². The Morgan fingerprint density at radius 2 is 1.82 bits per heavy atom. The van der Waals surface area contributed by atoms with Crippen LogP contribution in [0, 0.1) is 13.8 Å². The number of rotatable bonds is 7. The first kappa shape index (κ1) is 24.0. The molecule has 1 saturated carbocycles. The van der Waals surface area contributed by atoms with Crippen molar-refractivity contribution < 1.29 is 9.35 Å². The van der Waals surface area contributed by atoms with Gasteiger partial charge in [-0.15, -0.1) is 4.72 Å². The van der Waals surface area contributed by atoms with Gasteiger partial charge >= 0.3 is 0 Å². The Labute approximate surface area is 203 Å². The van der Waals surface area contributed by atoms with E-state index in [-0.39, 0.29) is 11.9 Å². The Morgan fingerprint density at radius 1 is 1.12 bits per heavy atom. The number of aromatic nitrogens is 1. The predicted octanol–water partition coefficient (Wildman–Crippen LogP) is 5.57. The van der Waals surface area contributed by atoms with Crippen molar-refractivity contribution >= 4 is 33.7 Å². The van der Waals surface area contributed by atoms with Gasteiger partial charge in [0.15, 0.2) is 5.13 Å². The average molecular weight is 482 g/mol. The Kier molecular flexibility index (Phi) is 6.69. The van der Waals surface area contributed by atoms with Crippen LogP contribution in [0.3, 0.4) is 0 Å². The molecule has 4 rings (SSSR count). The summed E-state index contributed by atoms with van der Waals surface area (Å²) in [7, 11) is 0. The van der Waals surface area contributed by atoms with E-state index >= 15 is 0 Å². The number of hydrogen-bond donors (Lipinski definition) is 2. The van der Waals surface area contributed by atoms with Gasteiger partial charge in [0, 0.05) is 17.6 Å². The Balaban J connectivity index is 1.55. The highest BCUT2D eigenvalue weighted by Gasteiger charge is 2.51. The normalized spacial score (nSPS) is 16.8. The van der Waals surface area contributed by atoms with Gasteiger partial charge in [-0.05, 0) is 69.7 Å². The lowest BCUT2D eigenvalue weighted by Gasteiger charge is -2.27. The van der Waals surface area contributed by atoms with Crippen molar-refractivity contribution in [2.75, 3.05) is 5.32 Å². The third-order valence-electron chi connectivity index (χ3n) is 6.19. The molecule has 0 radical (unpaired) electrons. The molecule has 7 heteroatoms. The number of carbonyl (C=O) groups excluding carboxylic acids is 1. The first-order valence-electron chi connectivity index (χ1n) is 11.2. The molecule has 2 atom stereocenters. The number of anilines is 1. The van der Waals surface area contributed by atoms with E-state index in [1.165, 1.54) is 22.5 Å². The van der Waals surface area contributed by atoms with Crippen LogP contribution >= 0.6 is 11.3 Å². The quantitative estimate of drug-likeness (QED) is 0.433. The third-order valence-corrected chi connectivity index (χ3v) is 8.73. The van der Waals surface area contributed by atoms with E-state index in [1.807, 2.05) is 51.1 Å². The summed E-state index contributed by atoms with van der Waals surface area (Å²) in [6.07, 6.45) is 3.46. The van der Waals surface area contributed by atoms with E-state index < -0.39 is 21.5 Å². The summed E-state index contributed by atoms with van der Waals surface area (Å²) in [6, 6.07) is 15.9. The number of hydrogen-bond acceptors (Lipinski definition) is 5. The van der Waals surface area contributed by atoms with E-state index in [4.69, 9.17) is 0 Å². The molecule has 3 aromatic rings. The summed E-state index contributed by atoms with van der Waals surface area (Å²) in [5, 5.41) is 3.62. The maximum atomic E-state index is 13.2. The minimum absolute atomic E-state index is 0.00542. The molecule has 33 heavy (non-hydrogen) atoms. The fourth-order valence-electron chi connectivity index (χ4n) is 3.73. The highest BCUT2D eigenvalue weighted by atomic mass is 32.2. The van der Waals surface area contributed by atoms with E-state index in [1.54, 1.807) is 6.20 Å². The lowest BCUT2D eigenvalue weighted by Crippen LogP contribution is -2.41. The van der Waals surface area contributed by atoms with E-state index in [0.717, 1.165) is 28.8 Å². The highest BCUT2D eigenvalue weighted by molar-refractivity contribution is 7.90. The smallest absolute Gasteiger partial charge is 0.236 e. The summed E-state index contributed by atoms with van der Waals surface area (Å²) in [6.45, 7) is 9.99. The van der Waals surface area contributed by atoms with Crippen molar-refractivity contribution in [2.24, 2.45) is 0 Å². The second-order valence-corrected chi connectivity index (χ2v) is 12.8. The maximum Gasteiger partial charge on any atom is 0.236 e. The van der Waals surface area contributed by atoms with Gasteiger partial charge in [-0.1, -0.05) is 59.9 Å². The van der Waals surface area contributed by atoms with Crippen molar-refractivity contribution in [1.29, 1.82) is 0 Å². The number of aryl methyl sites for hydroxylation is 2. The van der Waals surface area contributed by atoms with Gasteiger partial charge in [-0.2, -0.15) is 0 Å². The van der Waals surface area contributed by atoms with Gasteiger partial charge in [0.1, 0.15) is 10.8 Å². The van der Waals surface area contributed by atoms with Gasteiger partial charge in [-0.25, -0.2) is 4.98 Å². The average Bonchev–Trinajstić information content (AvgIpc) is 3.47. The third kappa shape index (κ3) is 5.17. The van der Waals surface area contributed by atoms with Crippen molar-refractivity contribution in [1.82, 2.24) is 9.71 Å². The molecule has 5 nitrogen and oxygen atoms in total. The molecule has 2 N–H and O–H groups in total. The van der Waals surface area contributed by atoms with Crippen LogP contribution in [-0.4, -0.2) is 20.2 Å². The number of amides is 1. The molecule has 0 saturated heterocycles. The van der Waals surface area contributed by atoms with Crippen LogP contribution in [0.4, 0.5) is 5.13 Å². The van der Waals surface area contributed by atoms with Crippen LogP contribution in [-0.2, 0) is 21.6 Å². The zero-order valence-corrected chi connectivity index (χ0v) is 21.4. The monoisotopic (exact) mass is 481 g/mol. The Morgan fingerprint density at radius 3 is 2.42 bits per heavy atom. The minimum Gasteiger partial charge on any atom is -0.598 e. The molecule has 0 spiro atoms. The molecule has 174 valence electrons. The maximum absolute atomic E-state index is 13.2. The van der Waals surface area contributed by atoms with Crippen molar-refractivity contribution in [2.45, 2.75) is 63.7 Å². The zero-order chi connectivity index (χ0) is 23.8.